The molecule has 2 rings (SSSR count). The van der Waals surface area contributed by atoms with Crippen molar-refractivity contribution in [2.75, 3.05) is 0 Å². The van der Waals surface area contributed by atoms with Crippen LogP contribution in [0.15, 0.2) is 51.8 Å². The topological polar surface area (TPSA) is 43.1 Å². The first-order valence-corrected chi connectivity index (χ1v) is 7.83. The van der Waals surface area contributed by atoms with Gasteiger partial charge in [-0.15, -0.1) is 0 Å². The van der Waals surface area contributed by atoms with Gasteiger partial charge in [-0.2, -0.15) is 0 Å². The van der Waals surface area contributed by atoms with Gasteiger partial charge in [0.2, 0.25) is 0 Å². The lowest BCUT2D eigenvalue weighted by Crippen LogP contribution is -2.03. The van der Waals surface area contributed by atoms with E-state index in [0.717, 1.165) is 10.0 Å². The first-order chi connectivity index (χ1) is 9.11. The predicted molar refractivity (Wildman–Crippen MR) is 78.5 cm³/mol. The van der Waals surface area contributed by atoms with E-state index in [1.54, 1.807) is 18.2 Å². The smallest absolute Gasteiger partial charge is 0.127 e. The summed E-state index contributed by atoms with van der Waals surface area (Å²) in [7, 11) is -1.29. The Bertz CT molecular complexity index is 618. The Labute approximate surface area is 122 Å². The van der Waals surface area contributed by atoms with Gasteiger partial charge in [0.15, 0.2) is 0 Å². The van der Waals surface area contributed by atoms with Crippen molar-refractivity contribution in [1.82, 2.24) is 0 Å². The van der Waals surface area contributed by atoms with Gasteiger partial charge in [0, 0.05) is 16.6 Å². The highest BCUT2D eigenvalue weighted by molar-refractivity contribution is 9.10. The lowest BCUT2D eigenvalue weighted by Gasteiger charge is -2.07. The molecule has 2 N–H and O–H groups in total. The standard InChI is InChI=1S/C14H13BrFNOS/c15-12-3-1-2-4-14(12)19(18)9-11-7-10(8-17)5-6-13(11)16/h1-7H,8-9,17H2. The van der Waals surface area contributed by atoms with E-state index in [2.05, 4.69) is 15.9 Å². The average Bonchev–Trinajstić information content (AvgIpc) is 2.41. The van der Waals surface area contributed by atoms with E-state index in [1.165, 1.54) is 6.07 Å². The Kier molecular flexibility index (Phi) is 4.85. The van der Waals surface area contributed by atoms with E-state index in [0.29, 0.717) is 17.0 Å². The second kappa shape index (κ2) is 6.41. The Morgan fingerprint density at radius 3 is 2.63 bits per heavy atom. The minimum absolute atomic E-state index is 0.141. The van der Waals surface area contributed by atoms with Crippen LogP contribution in [0.2, 0.25) is 0 Å². The Balaban J connectivity index is 2.26. The fourth-order valence-corrected chi connectivity index (χ4v) is 3.72. The number of benzene rings is 2. The van der Waals surface area contributed by atoms with Crippen molar-refractivity contribution in [3.8, 4) is 0 Å². The zero-order valence-corrected chi connectivity index (χ0v) is 12.5. The number of hydrogen-bond acceptors (Lipinski definition) is 2. The van der Waals surface area contributed by atoms with Gasteiger partial charge in [-0.05, 0) is 39.7 Å². The fraction of sp³-hybridized carbons (Fsp3) is 0.143. The van der Waals surface area contributed by atoms with E-state index < -0.39 is 10.8 Å². The van der Waals surface area contributed by atoms with Crippen LogP contribution in [-0.4, -0.2) is 4.21 Å². The molecule has 5 heteroatoms. The summed E-state index contributed by atoms with van der Waals surface area (Å²) in [5.41, 5.74) is 6.79. The molecule has 2 aromatic rings. The molecule has 0 bridgehead atoms. The second-order valence-corrected chi connectivity index (χ2v) is 6.32. The second-order valence-electron chi connectivity index (χ2n) is 4.05. The molecule has 0 aliphatic carbocycles. The molecule has 0 aromatic heterocycles. The van der Waals surface area contributed by atoms with Gasteiger partial charge in [0.05, 0.1) is 21.4 Å². The van der Waals surface area contributed by atoms with E-state index >= 15 is 0 Å². The molecule has 0 saturated heterocycles. The van der Waals surface area contributed by atoms with Gasteiger partial charge in [-0.25, -0.2) is 4.39 Å². The van der Waals surface area contributed by atoms with Crippen LogP contribution in [-0.2, 0) is 23.1 Å². The molecule has 1 unspecified atom stereocenters. The predicted octanol–water partition coefficient (Wildman–Crippen LogP) is 3.35. The quantitative estimate of drug-likeness (QED) is 0.926. The third-order valence-corrected chi connectivity index (χ3v) is 5.09. The van der Waals surface area contributed by atoms with Crippen LogP contribution in [0.4, 0.5) is 4.39 Å². The molecule has 0 fully saturated rings. The monoisotopic (exact) mass is 341 g/mol. The number of nitrogens with two attached hydrogens (primary N) is 1. The summed E-state index contributed by atoms with van der Waals surface area (Å²) in [5, 5.41) is 0. The minimum Gasteiger partial charge on any atom is -0.326 e. The van der Waals surface area contributed by atoms with Crippen molar-refractivity contribution in [2.24, 2.45) is 5.73 Å². The lowest BCUT2D eigenvalue weighted by atomic mass is 10.1. The summed E-state index contributed by atoms with van der Waals surface area (Å²) >= 11 is 3.35. The highest BCUT2D eigenvalue weighted by atomic mass is 79.9. The van der Waals surface area contributed by atoms with Gasteiger partial charge in [0.25, 0.3) is 0 Å². The van der Waals surface area contributed by atoms with Gasteiger partial charge >= 0.3 is 0 Å². The van der Waals surface area contributed by atoms with Crippen LogP contribution in [0.5, 0.6) is 0 Å². The summed E-state index contributed by atoms with van der Waals surface area (Å²) in [4.78, 5) is 0.667. The summed E-state index contributed by atoms with van der Waals surface area (Å²) in [6.07, 6.45) is 0. The molecule has 0 radical (unpaired) electrons. The summed E-state index contributed by atoms with van der Waals surface area (Å²) in [5.74, 6) is -0.208. The van der Waals surface area contributed by atoms with E-state index in [-0.39, 0.29) is 11.6 Å². The van der Waals surface area contributed by atoms with Crippen molar-refractivity contribution in [3.63, 3.8) is 0 Å². The molecular weight excluding hydrogens is 329 g/mol. The SMILES string of the molecule is NCc1ccc(F)c(CS(=O)c2ccccc2Br)c1. The Morgan fingerprint density at radius 2 is 1.95 bits per heavy atom. The first-order valence-electron chi connectivity index (χ1n) is 5.72. The number of halogens is 2. The summed E-state index contributed by atoms with van der Waals surface area (Å²) in [6, 6.07) is 11.9. The van der Waals surface area contributed by atoms with Crippen molar-refractivity contribution in [1.29, 1.82) is 0 Å². The Hall–Kier alpha value is -1.04. The lowest BCUT2D eigenvalue weighted by molar-refractivity contribution is 0.614. The molecular formula is C14H13BrFNOS. The third kappa shape index (κ3) is 3.49. The molecule has 0 spiro atoms. The zero-order valence-electron chi connectivity index (χ0n) is 10.1. The average molecular weight is 342 g/mol. The highest BCUT2D eigenvalue weighted by Crippen LogP contribution is 2.23. The van der Waals surface area contributed by atoms with Crippen LogP contribution in [0.1, 0.15) is 11.1 Å². The van der Waals surface area contributed by atoms with Crippen LogP contribution < -0.4 is 5.73 Å². The Morgan fingerprint density at radius 1 is 1.21 bits per heavy atom. The molecule has 0 amide bonds. The molecule has 0 aliphatic heterocycles. The summed E-state index contributed by atoms with van der Waals surface area (Å²) < 4.78 is 26.7. The number of hydrogen-bond donors (Lipinski definition) is 1. The maximum Gasteiger partial charge on any atom is 0.127 e. The summed E-state index contributed by atoms with van der Waals surface area (Å²) in [6.45, 7) is 0.342. The fourth-order valence-electron chi connectivity index (χ4n) is 1.71. The number of rotatable bonds is 4. The first kappa shape index (κ1) is 14.4. The van der Waals surface area contributed by atoms with Gasteiger partial charge in [0.1, 0.15) is 5.82 Å². The van der Waals surface area contributed by atoms with Crippen molar-refractivity contribution in [3.05, 3.63) is 63.9 Å². The van der Waals surface area contributed by atoms with Crippen molar-refractivity contribution < 1.29 is 8.60 Å². The zero-order chi connectivity index (χ0) is 13.8. The maximum absolute atomic E-state index is 13.7. The van der Waals surface area contributed by atoms with Crippen LogP contribution in [0.25, 0.3) is 0 Å². The van der Waals surface area contributed by atoms with Crippen molar-refractivity contribution >= 4 is 26.7 Å². The van der Waals surface area contributed by atoms with Gasteiger partial charge < -0.3 is 5.73 Å². The molecule has 2 nitrogen and oxygen atoms in total. The van der Waals surface area contributed by atoms with Gasteiger partial charge in [-0.1, -0.05) is 24.3 Å². The van der Waals surface area contributed by atoms with E-state index in [4.69, 9.17) is 5.73 Å². The molecule has 0 saturated carbocycles. The van der Waals surface area contributed by atoms with Gasteiger partial charge in [-0.3, -0.25) is 4.21 Å². The molecule has 0 heterocycles. The van der Waals surface area contributed by atoms with Crippen molar-refractivity contribution in [2.45, 2.75) is 17.2 Å². The molecule has 1 atom stereocenters. The van der Waals surface area contributed by atoms with Crippen LogP contribution in [0.3, 0.4) is 0 Å². The van der Waals surface area contributed by atoms with Crippen LogP contribution >= 0.6 is 15.9 Å². The molecule has 19 heavy (non-hydrogen) atoms. The minimum atomic E-state index is -1.29. The molecule has 0 aliphatic rings. The maximum atomic E-state index is 13.7. The van der Waals surface area contributed by atoms with E-state index in [1.807, 2.05) is 18.2 Å². The third-order valence-electron chi connectivity index (χ3n) is 2.71. The highest BCUT2D eigenvalue weighted by Gasteiger charge is 2.12. The van der Waals surface area contributed by atoms with E-state index in [9.17, 15) is 8.60 Å². The normalized spacial score (nSPS) is 12.4. The molecule has 100 valence electrons. The molecule has 2 aromatic carbocycles. The largest absolute Gasteiger partial charge is 0.326 e. The van der Waals surface area contributed by atoms with Crippen LogP contribution in [0, 0.1) is 5.82 Å².